The van der Waals surface area contributed by atoms with Gasteiger partial charge in [0, 0.05) is 0 Å². The highest BCUT2D eigenvalue weighted by Gasteiger charge is 2.25. The quantitative estimate of drug-likeness (QED) is 0.643. The van der Waals surface area contributed by atoms with E-state index in [1.165, 1.54) is 0 Å². The SMILES string of the molecule is OC1CCC(/C=C/C2CC(O)CC(O)C2)CC1. The van der Waals surface area contributed by atoms with Crippen molar-refractivity contribution in [2.24, 2.45) is 11.8 Å². The van der Waals surface area contributed by atoms with E-state index in [4.69, 9.17) is 0 Å². The van der Waals surface area contributed by atoms with Crippen molar-refractivity contribution in [1.29, 1.82) is 0 Å². The highest BCUT2D eigenvalue weighted by atomic mass is 16.3. The molecule has 0 spiro atoms. The van der Waals surface area contributed by atoms with Gasteiger partial charge in [-0.1, -0.05) is 12.2 Å². The van der Waals surface area contributed by atoms with Crippen LogP contribution in [0.2, 0.25) is 0 Å². The summed E-state index contributed by atoms with van der Waals surface area (Å²) >= 11 is 0. The molecule has 2 atom stereocenters. The highest BCUT2D eigenvalue weighted by Crippen LogP contribution is 2.29. The molecule has 0 aromatic heterocycles. The van der Waals surface area contributed by atoms with E-state index in [1.807, 2.05) is 0 Å². The highest BCUT2D eigenvalue weighted by molar-refractivity contribution is 4.97. The zero-order chi connectivity index (χ0) is 12.3. The molecule has 2 unspecified atom stereocenters. The Kier molecular flexibility index (Phi) is 4.60. The lowest BCUT2D eigenvalue weighted by molar-refractivity contribution is 0.0243. The van der Waals surface area contributed by atoms with Crippen molar-refractivity contribution < 1.29 is 15.3 Å². The van der Waals surface area contributed by atoms with Crippen LogP contribution in [0.1, 0.15) is 44.9 Å². The third-order valence-corrected chi connectivity index (χ3v) is 4.09. The lowest BCUT2D eigenvalue weighted by atomic mass is 9.82. The Labute approximate surface area is 103 Å². The molecular weight excluding hydrogens is 216 g/mol. The summed E-state index contributed by atoms with van der Waals surface area (Å²) in [6.07, 6.45) is 9.66. The van der Waals surface area contributed by atoms with Crippen molar-refractivity contribution in [3.05, 3.63) is 12.2 Å². The monoisotopic (exact) mass is 240 g/mol. The molecule has 0 radical (unpaired) electrons. The second-order valence-corrected chi connectivity index (χ2v) is 5.73. The fourth-order valence-electron chi connectivity index (χ4n) is 3.07. The predicted octanol–water partition coefficient (Wildman–Crippen LogP) is 1.62. The predicted molar refractivity (Wildman–Crippen MR) is 66.5 cm³/mol. The van der Waals surface area contributed by atoms with Gasteiger partial charge in [0.1, 0.15) is 0 Å². The van der Waals surface area contributed by atoms with Crippen molar-refractivity contribution in [2.75, 3.05) is 0 Å². The van der Waals surface area contributed by atoms with Crippen molar-refractivity contribution in [1.82, 2.24) is 0 Å². The Bertz CT molecular complexity index is 246. The van der Waals surface area contributed by atoms with Crippen molar-refractivity contribution in [3.63, 3.8) is 0 Å². The molecule has 0 aromatic rings. The van der Waals surface area contributed by atoms with Gasteiger partial charge >= 0.3 is 0 Å². The lowest BCUT2D eigenvalue weighted by Crippen LogP contribution is -2.28. The summed E-state index contributed by atoms with van der Waals surface area (Å²) in [6.45, 7) is 0. The van der Waals surface area contributed by atoms with Gasteiger partial charge in [0.15, 0.2) is 0 Å². The molecule has 0 bridgehead atoms. The van der Waals surface area contributed by atoms with E-state index in [0.29, 0.717) is 18.3 Å². The minimum Gasteiger partial charge on any atom is -0.393 e. The van der Waals surface area contributed by atoms with Crippen molar-refractivity contribution in [2.45, 2.75) is 63.3 Å². The summed E-state index contributed by atoms with van der Waals surface area (Å²) in [6, 6.07) is 0. The summed E-state index contributed by atoms with van der Waals surface area (Å²) < 4.78 is 0. The van der Waals surface area contributed by atoms with E-state index < -0.39 is 0 Å². The molecule has 0 aliphatic heterocycles. The van der Waals surface area contributed by atoms with Gasteiger partial charge in [-0.3, -0.25) is 0 Å². The second-order valence-electron chi connectivity index (χ2n) is 5.73. The van der Waals surface area contributed by atoms with Crippen LogP contribution in [-0.4, -0.2) is 33.6 Å². The summed E-state index contributed by atoms with van der Waals surface area (Å²) in [5, 5.41) is 28.6. The van der Waals surface area contributed by atoms with Gasteiger partial charge in [-0.25, -0.2) is 0 Å². The van der Waals surface area contributed by atoms with Gasteiger partial charge in [-0.2, -0.15) is 0 Å². The first-order valence-electron chi connectivity index (χ1n) is 6.86. The van der Waals surface area contributed by atoms with Crippen LogP contribution in [0.3, 0.4) is 0 Å². The molecule has 2 aliphatic carbocycles. The zero-order valence-corrected chi connectivity index (χ0v) is 10.3. The zero-order valence-electron chi connectivity index (χ0n) is 10.3. The summed E-state index contributed by atoms with van der Waals surface area (Å²) in [4.78, 5) is 0. The van der Waals surface area contributed by atoms with E-state index in [9.17, 15) is 15.3 Å². The maximum absolute atomic E-state index is 9.59. The largest absolute Gasteiger partial charge is 0.393 e. The Morgan fingerprint density at radius 1 is 0.588 bits per heavy atom. The number of aliphatic hydroxyl groups excluding tert-OH is 3. The van der Waals surface area contributed by atoms with Gasteiger partial charge in [0.25, 0.3) is 0 Å². The molecule has 2 saturated carbocycles. The lowest BCUT2D eigenvalue weighted by Gasteiger charge is -2.28. The van der Waals surface area contributed by atoms with Crippen LogP contribution in [-0.2, 0) is 0 Å². The van der Waals surface area contributed by atoms with Crippen LogP contribution in [0.5, 0.6) is 0 Å². The first-order valence-corrected chi connectivity index (χ1v) is 6.86. The number of hydrogen-bond acceptors (Lipinski definition) is 3. The van der Waals surface area contributed by atoms with E-state index >= 15 is 0 Å². The molecular formula is C14H24O3. The van der Waals surface area contributed by atoms with Gasteiger partial charge in [-0.05, 0) is 56.8 Å². The molecule has 98 valence electrons. The minimum atomic E-state index is -0.346. The summed E-state index contributed by atoms with van der Waals surface area (Å²) in [5.74, 6) is 0.898. The molecule has 0 saturated heterocycles. The molecule has 3 nitrogen and oxygen atoms in total. The van der Waals surface area contributed by atoms with E-state index in [2.05, 4.69) is 12.2 Å². The third-order valence-electron chi connectivity index (χ3n) is 4.09. The number of hydrogen-bond donors (Lipinski definition) is 3. The van der Waals surface area contributed by atoms with Crippen LogP contribution in [0, 0.1) is 11.8 Å². The fraction of sp³-hybridized carbons (Fsp3) is 0.857. The molecule has 2 fully saturated rings. The first-order chi connectivity index (χ1) is 8.13. The van der Waals surface area contributed by atoms with E-state index in [0.717, 1.165) is 38.5 Å². The van der Waals surface area contributed by atoms with Crippen LogP contribution in [0.15, 0.2) is 12.2 Å². The standard InChI is InChI=1S/C14H24O3/c15-12-5-3-10(4-6-12)1-2-11-7-13(16)9-14(17)8-11/h1-2,10-17H,3-9H2/b2-1+. The van der Waals surface area contributed by atoms with Crippen LogP contribution in [0.4, 0.5) is 0 Å². The average molecular weight is 240 g/mol. The van der Waals surface area contributed by atoms with Crippen molar-refractivity contribution >= 4 is 0 Å². The van der Waals surface area contributed by atoms with Gasteiger partial charge in [-0.15, -0.1) is 0 Å². The maximum Gasteiger partial charge on any atom is 0.0570 e. The van der Waals surface area contributed by atoms with Gasteiger partial charge in [0.2, 0.25) is 0 Å². The Hall–Kier alpha value is -0.380. The summed E-state index contributed by atoms with van der Waals surface area (Å²) in [7, 11) is 0. The minimum absolute atomic E-state index is 0.0991. The normalized spacial score (nSPS) is 44.1. The maximum atomic E-state index is 9.59. The molecule has 0 aromatic carbocycles. The molecule has 2 rings (SSSR count). The van der Waals surface area contributed by atoms with Crippen molar-refractivity contribution in [3.8, 4) is 0 Å². The number of allylic oxidation sites excluding steroid dienone is 2. The molecule has 3 N–H and O–H groups in total. The molecule has 17 heavy (non-hydrogen) atoms. The fourth-order valence-corrected chi connectivity index (χ4v) is 3.07. The molecule has 3 heteroatoms. The first kappa shape index (κ1) is 13.1. The Morgan fingerprint density at radius 2 is 1.12 bits per heavy atom. The topological polar surface area (TPSA) is 60.7 Å². The van der Waals surface area contributed by atoms with E-state index in [1.54, 1.807) is 0 Å². The van der Waals surface area contributed by atoms with Crippen LogP contribution >= 0.6 is 0 Å². The molecule has 0 amide bonds. The molecule has 2 aliphatic rings. The smallest absolute Gasteiger partial charge is 0.0570 e. The van der Waals surface area contributed by atoms with Gasteiger partial charge in [0.05, 0.1) is 18.3 Å². The number of aliphatic hydroxyl groups is 3. The average Bonchev–Trinajstić information content (AvgIpc) is 2.27. The third kappa shape index (κ3) is 4.09. The second kappa shape index (κ2) is 5.98. The molecule has 0 heterocycles. The Morgan fingerprint density at radius 3 is 1.71 bits per heavy atom. The number of rotatable bonds is 2. The Balaban J connectivity index is 1.79. The van der Waals surface area contributed by atoms with Crippen LogP contribution in [0.25, 0.3) is 0 Å². The van der Waals surface area contributed by atoms with E-state index in [-0.39, 0.29) is 18.3 Å². The van der Waals surface area contributed by atoms with Gasteiger partial charge < -0.3 is 15.3 Å². The summed E-state index contributed by atoms with van der Waals surface area (Å²) in [5.41, 5.74) is 0. The van der Waals surface area contributed by atoms with Crippen LogP contribution < -0.4 is 0 Å².